The minimum Gasteiger partial charge on any atom is -0.310 e. The lowest BCUT2D eigenvalue weighted by Crippen LogP contribution is -2.35. The molecule has 0 unspecified atom stereocenters. The summed E-state index contributed by atoms with van der Waals surface area (Å²) in [5, 5.41) is 8.27. The second-order valence-electron chi connectivity index (χ2n) is 5.49. The Kier molecular flexibility index (Phi) is 5.34. The number of rotatable bonds is 7. The molecule has 0 atom stereocenters. The molecular formula is C15H27N3S. The Morgan fingerprint density at radius 2 is 2.11 bits per heavy atom. The highest BCUT2D eigenvalue weighted by Gasteiger charge is 2.32. The average Bonchev–Trinajstić information content (AvgIpc) is 3.06. The smallest absolute Gasteiger partial charge is 0.0625 e. The van der Waals surface area contributed by atoms with Gasteiger partial charge in [0.2, 0.25) is 0 Å². The summed E-state index contributed by atoms with van der Waals surface area (Å²) in [4.78, 5) is 0. The van der Waals surface area contributed by atoms with Gasteiger partial charge >= 0.3 is 0 Å². The Labute approximate surface area is 121 Å². The molecule has 1 saturated carbocycles. The second-order valence-corrected chi connectivity index (χ2v) is 6.77. The van der Waals surface area contributed by atoms with Crippen molar-refractivity contribution in [2.75, 3.05) is 12.8 Å². The fourth-order valence-electron chi connectivity index (χ4n) is 2.99. The normalized spacial score (nSPS) is 18.1. The van der Waals surface area contributed by atoms with Crippen LogP contribution in [0.15, 0.2) is 6.07 Å². The Hall–Kier alpha value is -0.480. The minimum absolute atomic E-state index is 0.491. The molecule has 2 rings (SSSR count). The fourth-order valence-corrected chi connectivity index (χ4v) is 3.94. The van der Waals surface area contributed by atoms with Crippen LogP contribution in [0.25, 0.3) is 0 Å². The van der Waals surface area contributed by atoms with Crippen molar-refractivity contribution < 1.29 is 0 Å². The van der Waals surface area contributed by atoms with Gasteiger partial charge in [0.15, 0.2) is 0 Å². The van der Waals surface area contributed by atoms with Gasteiger partial charge in [-0.25, -0.2) is 0 Å². The van der Waals surface area contributed by atoms with Gasteiger partial charge in [0.25, 0.3) is 0 Å². The molecule has 19 heavy (non-hydrogen) atoms. The van der Waals surface area contributed by atoms with Gasteiger partial charge < -0.3 is 5.32 Å². The highest BCUT2D eigenvalue weighted by Crippen LogP contribution is 2.39. The Morgan fingerprint density at radius 3 is 2.68 bits per heavy atom. The van der Waals surface area contributed by atoms with Crippen molar-refractivity contribution in [1.82, 2.24) is 15.1 Å². The van der Waals surface area contributed by atoms with Crippen LogP contribution in [0.1, 0.15) is 50.9 Å². The first kappa shape index (κ1) is 14.9. The standard InChI is InChI=1S/C15H27N3S/c1-4-13-10-14(18(5-2)17-13)11-16-12-15(19-3)8-6-7-9-15/h10,16H,4-9,11-12H2,1-3H3. The quantitative estimate of drug-likeness (QED) is 0.832. The molecule has 0 bridgehead atoms. The van der Waals surface area contributed by atoms with E-state index < -0.39 is 0 Å². The summed E-state index contributed by atoms with van der Waals surface area (Å²) in [7, 11) is 0. The summed E-state index contributed by atoms with van der Waals surface area (Å²) in [6.07, 6.45) is 8.82. The maximum absolute atomic E-state index is 4.61. The summed E-state index contributed by atoms with van der Waals surface area (Å²) in [6.45, 7) is 7.37. The van der Waals surface area contributed by atoms with E-state index in [9.17, 15) is 0 Å². The first-order valence-corrected chi connectivity index (χ1v) is 8.77. The number of hydrogen-bond acceptors (Lipinski definition) is 3. The molecule has 0 radical (unpaired) electrons. The summed E-state index contributed by atoms with van der Waals surface area (Å²) >= 11 is 2.05. The maximum Gasteiger partial charge on any atom is 0.0625 e. The first-order valence-electron chi connectivity index (χ1n) is 7.54. The van der Waals surface area contributed by atoms with Gasteiger partial charge in [-0.1, -0.05) is 19.8 Å². The lowest BCUT2D eigenvalue weighted by Gasteiger charge is -2.27. The number of nitrogens with zero attached hydrogens (tertiary/aromatic N) is 2. The van der Waals surface area contributed by atoms with Gasteiger partial charge in [0.1, 0.15) is 0 Å². The lowest BCUT2D eigenvalue weighted by molar-refractivity contribution is 0.513. The lowest BCUT2D eigenvalue weighted by atomic mass is 10.1. The van der Waals surface area contributed by atoms with Crippen molar-refractivity contribution >= 4 is 11.8 Å². The van der Waals surface area contributed by atoms with Crippen LogP contribution >= 0.6 is 11.8 Å². The molecule has 0 spiro atoms. The zero-order chi connectivity index (χ0) is 13.7. The van der Waals surface area contributed by atoms with Crippen molar-refractivity contribution in [3.8, 4) is 0 Å². The van der Waals surface area contributed by atoms with E-state index in [4.69, 9.17) is 0 Å². The fraction of sp³-hybridized carbons (Fsp3) is 0.800. The number of hydrogen-bond donors (Lipinski definition) is 1. The van der Waals surface area contributed by atoms with E-state index in [0.717, 1.165) is 26.1 Å². The molecular weight excluding hydrogens is 254 g/mol. The summed E-state index contributed by atoms with van der Waals surface area (Å²) in [6, 6.07) is 2.25. The SMILES string of the molecule is CCc1cc(CNCC2(SC)CCCC2)n(CC)n1. The molecule has 1 fully saturated rings. The number of thioether (sulfide) groups is 1. The molecule has 3 nitrogen and oxygen atoms in total. The number of aryl methyl sites for hydroxylation is 2. The van der Waals surface area contributed by atoms with Crippen molar-refractivity contribution in [2.24, 2.45) is 0 Å². The molecule has 0 amide bonds. The molecule has 1 aliphatic rings. The zero-order valence-electron chi connectivity index (χ0n) is 12.5. The van der Waals surface area contributed by atoms with Crippen LogP contribution in [0.4, 0.5) is 0 Å². The largest absolute Gasteiger partial charge is 0.310 e. The third kappa shape index (κ3) is 3.54. The highest BCUT2D eigenvalue weighted by atomic mass is 32.2. The van der Waals surface area contributed by atoms with E-state index in [1.807, 2.05) is 11.8 Å². The van der Waals surface area contributed by atoms with Crippen LogP contribution in [0, 0.1) is 0 Å². The van der Waals surface area contributed by atoms with E-state index in [1.54, 1.807) is 0 Å². The Morgan fingerprint density at radius 1 is 1.37 bits per heavy atom. The van der Waals surface area contributed by atoms with Gasteiger partial charge in [-0.3, -0.25) is 4.68 Å². The first-order chi connectivity index (χ1) is 9.23. The molecule has 0 aromatic carbocycles. The number of nitrogens with one attached hydrogen (secondary N) is 1. The number of aromatic nitrogens is 2. The average molecular weight is 281 g/mol. The van der Waals surface area contributed by atoms with Crippen molar-refractivity contribution in [2.45, 2.75) is 63.8 Å². The third-order valence-corrected chi connectivity index (χ3v) is 5.70. The monoisotopic (exact) mass is 281 g/mol. The van der Waals surface area contributed by atoms with Gasteiger partial charge in [-0.15, -0.1) is 0 Å². The van der Waals surface area contributed by atoms with E-state index >= 15 is 0 Å². The molecule has 4 heteroatoms. The molecule has 0 saturated heterocycles. The highest BCUT2D eigenvalue weighted by molar-refractivity contribution is 8.00. The molecule has 1 aliphatic carbocycles. The summed E-state index contributed by atoms with van der Waals surface area (Å²) in [5.74, 6) is 0. The molecule has 1 aromatic rings. The van der Waals surface area contributed by atoms with Crippen LogP contribution < -0.4 is 5.32 Å². The minimum atomic E-state index is 0.491. The van der Waals surface area contributed by atoms with Crippen LogP contribution in [0.5, 0.6) is 0 Å². The van der Waals surface area contributed by atoms with Crippen molar-refractivity contribution in [1.29, 1.82) is 0 Å². The predicted molar refractivity (Wildman–Crippen MR) is 83.7 cm³/mol. The maximum atomic E-state index is 4.61. The predicted octanol–water partition coefficient (Wildman–Crippen LogP) is 3.23. The van der Waals surface area contributed by atoms with Crippen molar-refractivity contribution in [3.63, 3.8) is 0 Å². The van der Waals surface area contributed by atoms with E-state index in [1.165, 1.54) is 37.1 Å². The Bertz CT molecular complexity index is 394. The molecule has 1 aromatic heterocycles. The van der Waals surface area contributed by atoms with Crippen LogP contribution in [-0.2, 0) is 19.5 Å². The van der Waals surface area contributed by atoms with Crippen LogP contribution in [0.3, 0.4) is 0 Å². The summed E-state index contributed by atoms with van der Waals surface area (Å²) < 4.78 is 2.62. The second kappa shape index (κ2) is 6.80. The Balaban J connectivity index is 1.89. The van der Waals surface area contributed by atoms with Crippen LogP contribution in [-0.4, -0.2) is 27.3 Å². The van der Waals surface area contributed by atoms with E-state index in [0.29, 0.717) is 4.75 Å². The third-order valence-electron chi connectivity index (χ3n) is 4.28. The van der Waals surface area contributed by atoms with Gasteiger partial charge in [0.05, 0.1) is 11.4 Å². The summed E-state index contributed by atoms with van der Waals surface area (Å²) in [5.41, 5.74) is 2.53. The van der Waals surface area contributed by atoms with Gasteiger partial charge in [0, 0.05) is 24.4 Å². The van der Waals surface area contributed by atoms with E-state index in [-0.39, 0.29) is 0 Å². The van der Waals surface area contributed by atoms with E-state index in [2.05, 4.69) is 41.3 Å². The van der Waals surface area contributed by atoms with Gasteiger partial charge in [-0.05, 0) is 38.5 Å². The van der Waals surface area contributed by atoms with Crippen molar-refractivity contribution in [3.05, 3.63) is 17.5 Å². The zero-order valence-corrected chi connectivity index (χ0v) is 13.4. The van der Waals surface area contributed by atoms with Gasteiger partial charge in [-0.2, -0.15) is 16.9 Å². The van der Waals surface area contributed by atoms with Crippen LogP contribution in [0.2, 0.25) is 0 Å². The molecule has 1 N–H and O–H groups in total. The molecule has 0 aliphatic heterocycles. The molecule has 1 heterocycles. The molecule has 108 valence electrons. The topological polar surface area (TPSA) is 29.9 Å².